The summed E-state index contributed by atoms with van der Waals surface area (Å²) in [5.74, 6) is -0.286. The van der Waals surface area contributed by atoms with E-state index in [0.717, 1.165) is 36.8 Å². The van der Waals surface area contributed by atoms with Crippen molar-refractivity contribution >= 4 is 32.5 Å². The number of benzene rings is 1. The molecule has 1 aliphatic rings. The normalized spacial score (nSPS) is 22.9. The van der Waals surface area contributed by atoms with Crippen LogP contribution in [0.2, 0.25) is 0 Å². The third kappa shape index (κ3) is 2.79. The maximum absolute atomic E-state index is 13.6. The van der Waals surface area contributed by atoms with Crippen molar-refractivity contribution < 1.29 is 4.39 Å². The molecule has 20 heavy (non-hydrogen) atoms. The Hall–Kier alpha value is -1.20. The molecule has 1 aromatic heterocycles. The van der Waals surface area contributed by atoms with Gasteiger partial charge in [-0.25, -0.2) is 4.39 Å². The van der Waals surface area contributed by atoms with Crippen LogP contribution in [0.25, 0.3) is 10.9 Å². The molecular formula is C15H17BrFN3. The number of halogens is 2. The molecule has 3 rings (SSSR count). The van der Waals surface area contributed by atoms with Crippen molar-refractivity contribution in [2.45, 2.75) is 37.8 Å². The Morgan fingerprint density at radius 2 is 2.00 bits per heavy atom. The zero-order chi connectivity index (χ0) is 14.1. The van der Waals surface area contributed by atoms with Gasteiger partial charge in [0.05, 0.1) is 9.99 Å². The molecule has 1 saturated carbocycles. The van der Waals surface area contributed by atoms with Crippen molar-refractivity contribution in [1.29, 1.82) is 0 Å². The first-order chi connectivity index (χ1) is 9.63. The number of anilines is 1. The number of aromatic nitrogens is 1. The first kappa shape index (κ1) is 13.8. The Morgan fingerprint density at radius 3 is 2.75 bits per heavy atom. The highest BCUT2D eigenvalue weighted by Gasteiger charge is 2.19. The molecule has 1 fully saturated rings. The third-order valence-electron chi connectivity index (χ3n) is 3.92. The number of nitrogens with one attached hydrogen (secondary N) is 1. The number of fused-ring (bicyclic) bond motifs is 1. The minimum absolute atomic E-state index is 0.286. The molecule has 0 unspecified atom stereocenters. The van der Waals surface area contributed by atoms with Gasteiger partial charge in [-0.05, 0) is 53.7 Å². The van der Waals surface area contributed by atoms with E-state index in [9.17, 15) is 4.39 Å². The van der Waals surface area contributed by atoms with E-state index >= 15 is 0 Å². The van der Waals surface area contributed by atoms with Gasteiger partial charge in [-0.3, -0.25) is 4.98 Å². The maximum atomic E-state index is 13.6. The van der Waals surface area contributed by atoms with Gasteiger partial charge in [0, 0.05) is 35.4 Å². The van der Waals surface area contributed by atoms with Gasteiger partial charge in [0.1, 0.15) is 5.82 Å². The summed E-state index contributed by atoms with van der Waals surface area (Å²) in [4.78, 5) is 4.23. The van der Waals surface area contributed by atoms with E-state index in [4.69, 9.17) is 5.73 Å². The lowest BCUT2D eigenvalue weighted by Crippen LogP contribution is -2.32. The minimum Gasteiger partial charge on any atom is -0.382 e. The van der Waals surface area contributed by atoms with Gasteiger partial charge in [-0.2, -0.15) is 0 Å². The number of nitrogens with zero attached hydrogens (tertiary/aromatic N) is 1. The number of hydrogen-bond donors (Lipinski definition) is 2. The molecular weight excluding hydrogens is 321 g/mol. The number of rotatable bonds is 2. The molecule has 5 heteroatoms. The molecule has 0 spiro atoms. The average molecular weight is 338 g/mol. The lowest BCUT2D eigenvalue weighted by atomic mass is 9.91. The summed E-state index contributed by atoms with van der Waals surface area (Å²) in [5.41, 5.74) is 7.61. The molecule has 1 aromatic carbocycles. The van der Waals surface area contributed by atoms with Gasteiger partial charge in [-0.15, -0.1) is 0 Å². The first-order valence-electron chi connectivity index (χ1n) is 6.89. The molecule has 3 N–H and O–H groups in total. The van der Waals surface area contributed by atoms with Crippen LogP contribution < -0.4 is 11.1 Å². The fourth-order valence-corrected chi connectivity index (χ4v) is 3.09. The van der Waals surface area contributed by atoms with Crippen molar-refractivity contribution in [2.75, 3.05) is 5.32 Å². The Kier molecular flexibility index (Phi) is 3.89. The zero-order valence-electron chi connectivity index (χ0n) is 11.1. The largest absolute Gasteiger partial charge is 0.382 e. The third-order valence-corrected chi connectivity index (χ3v) is 4.52. The van der Waals surface area contributed by atoms with Crippen molar-refractivity contribution in [2.24, 2.45) is 5.73 Å². The monoisotopic (exact) mass is 337 g/mol. The van der Waals surface area contributed by atoms with Crippen LogP contribution in [0.1, 0.15) is 25.7 Å². The van der Waals surface area contributed by atoms with Crippen molar-refractivity contribution in [1.82, 2.24) is 4.98 Å². The summed E-state index contributed by atoms with van der Waals surface area (Å²) in [6, 6.07) is 5.96. The van der Waals surface area contributed by atoms with E-state index in [1.807, 2.05) is 6.07 Å². The van der Waals surface area contributed by atoms with Gasteiger partial charge in [0.2, 0.25) is 0 Å². The predicted molar refractivity (Wildman–Crippen MR) is 83.3 cm³/mol. The van der Waals surface area contributed by atoms with Crippen LogP contribution in [0.5, 0.6) is 0 Å². The quantitative estimate of drug-likeness (QED) is 0.875. The van der Waals surface area contributed by atoms with Crippen molar-refractivity contribution in [3.8, 4) is 0 Å². The molecule has 3 nitrogen and oxygen atoms in total. The molecule has 0 saturated heterocycles. The fraction of sp³-hybridized carbons (Fsp3) is 0.400. The maximum Gasteiger partial charge on any atom is 0.139 e. The average Bonchev–Trinajstić information content (AvgIpc) is 2.43. The summed E-state index contributed by atoms with van der Waals surface area (Å²) in [7, 11) is 0. The number of pyridine rings is 1. The van der Waals surface area contributed by atoms with Crippen molar-refractivity contribution in [3.05, 3.63) is 34.7 Å². The molecule has 2 aromatic rings. The standard InChI is InChI=1S/C15H17BrFN3/c16-12-7-11-14(5-6-19-15(11)8-13(12)17)20-10-3-1-9(18)2-4-10/h5-10H,1-4,18H2,(H,19,20). The van der Waals surface area contributed by atoms with Crippen LogP contribution >= 0.6 is 15.9 Å². The lowest BCUT2D eigenvalue weighted by Gasteiger charge is -2.28. The Labute approximate surface area is 125 Å². The summed E-state index contributed by atoms with van der Waals surface area (Å²) in [5, 5.41) is 4.49. The Balaban J connectivity index is 1.89. The number of nitrogens with two attached hydrogens (primary N) is 1. The Morgan fingerprint density at radius 1 is 1.25 bits per heavy atom. The molecule has 0 radical (unpaired) electrons. The Bertz CT molecular complexity index is 624. The van der Waals surface area contributed by atoms with E-state index in [1.165, 1.54) is 6.07 Å². The molecule has 1 heterocycles. The number of hydrogen-bond acceptors (Lipinski definition) is 3. The SMILES string of the molecule is NC1CCC(Nc2ccnc3cc(F)c(Br)cc23)CC1. The topological polar surface area (TPSA) is 50.9 Å². The summed E-state index contributed by atoms with van der Waals surface area (Å²) in [6.45, 7) is 0. The van der Waals surface area contributed by atoms with E-state index in [2.05, 4.69) is 26.2 Å². The predicted octanol–water partition coefficient (Wildman–Crippen LogP) is 3.82. The van der Waals surface area contributed by atoms with Crippen LogP contribution in [-0.2, 0) is 0 Å². The first-order valence-corrected chi connectivity index (χ1v) is 7.68. The molecule has 0 aliphatic heterocycles. The zero-order valence-corrected chi connectivity index (χ0v) is 12.7. The molecule has 106 valence electrons. The van der Waals surface area contributed by atoms with E-state index in [1.54, 1.807) is 12.3 Å². The van der Waals surface area contributed by atoms with Crippen LogP contribution in [0.15, 0.2) is 28.9 Å². The van der Waals surface area contributed by atoms with E-state index in [0.29, 0.717) is 22.1 Å². The van der Waals surface area contributed by atoms with E-state index in [-0.39, 0.29) is 5.82 Å². The second kappa shape index (κ2) is 5.66. The van der Waals surface area contributed by atoms with E-state index < -0.39 is 0 Å². The van der Waals surface area contributed by atoms with Crippen LogP contribution in [0.4, 0.5) is 10.1 Å². The molecule has 1 aliphatic carbocycles. The van der Waals surface area contributed by atoms with Crippen LogP contribution in [0.3, 0.4) is 0 Å². The summed E-state index contributed by atoms with van der Waals surface area (Å²) < 4.78 is 14.0. The molecule has 0 atom stereocenters. The smallest absolute Gasteiger partial charge is 0.139 e. The molecule has 0 bridgehead atoms. The van der Waals surface area contributed by atoms with Gasteiger partial charge in [0.25, 0.3) is 0 Å². The minimum atomic E-state index is -0.286. The van der Waals surface area contributed by atoms with Crippen molar-refractivity contribution in [3.63, 3.8) is 0 Å². The van der Waals surface area contributed by atoms with Gasteiger partial charge >= 0.3 is 0 Å². The summed E-state index contributed by atoms with van der Waals surface area (Å²) >= 11 is 3.24. The van der Waals surface area contributed by atoms with Gasteiger partial charge < -0.3 is 11.1 Å². The molecule has 0 amide bonds. The second-order valence-corrected chi connectivity index (χ2v) is 6.25. The highest BCUT2D eigenvalue weighted by molar-refractivity contribution is 9.10. The van der Waals surface area contributed by atoms with Crippen LogP contribution in [0, 0.1) is 5.82 Å². The highest BCUT2D eigenvalue weighted by Crippen LogP contribution is 2.29. The van der Waals surface area contributed by atoms with Gasteiger partial charge in [-0.1, -0.05) is 0 Å². The lowest BCUT2D eigenvalue weighted by molar-refractivity contribution is 0.411. The van der Waals surface area contributed by atoms with Crippen LogP contribution in [-0.4, -0.2) is 17.1 Å². The van der Waals surface area contributed by atoms with Gasteiger partial charge in [0.15, 0.2) is 0 Å². The second-order valence-electron chi connectivity index (χ2n) is 5.40. The summed E-state index contributed by atoms with van der Waals surface area (Å²) in [6.07, 6.45) is 5.98. The fourth-order valence-electron chi connectivity index (χ4n) is 2.75. The highest BCUT2D eigenvalue weighted by atomic mass is 79.9.